The number of rotatable bonds is 16. The van der Waals surface area contributed by atoms with Crippen LogP contribution in [0.5, 0.6) is 0 Å². The average Bonchev–Trinajstić information content (AvgIpc) is 3.28. The summed E-state index contributed by atoms with van der Waals surface area (Å²) in [6.45, 7) is 16.1. The van der Waals surface area contributed by atoms with Crippen LogP contribution in [0.3, 0.4) is 0 Å². The molecular weight excluding hydrogens is 494 g/mol. The molecule has 4 aliphatic carbocycles. The molecule has 5 N–H and O–H groups in total. The highest BCUT2D eigenvalue weighted by molar-refractivity contribution is 5.10. The quantitative estimate of drug-likeness (QED) is 0.122. The Morgan fingerprint density at radius 3 is 2.35 bits per heavy atom. The molecule has 0 amide bonds. The molecule has 0 aliphatic heterocycles. The van der Waals surface area contributed by atoms with Gasteiger partial charge in [-0.05, 0) is 157 Å². The minimum Gasteiger partial charge on any atom is -0.368 e. The lowest BCUT2D eigenvalue weighted by molar-refractivity contribution is -0.134. The molecule has 10 atom stereocenters. The molecule has 4 aliphatic rings. The maximum absolute atomic E-state index is 10.3. The Hall–Kier alpha value is -0.200. The van der Waals surface area contributed by atoms with Gasteiger partial charge in [0.1, 0.15) is 0 Å². The summed E-state index contributed by atoms with van der Waals surface area (Å²) < 4.78 is 5.63. The van der Waals surface area contributed by atoms with E-state index in [4.69, 9.17) is 10.5 Å². The molecule has 0 bridgehead atoms. The fourth-order valence-electron chi connectivity index (χ4n) is 10.6. The van der Waals surface area contributed by atoms with Crippen LogP contribution in [0.25, 0.3) is 0 Å². The third kappa shape index (κ3) is 7.65. The van der Waals surface area contributed by atoms with Gasteiger partial charge in [0, 0.05) is 19.1 Å². The van der Waals surface area contributed by atoms with Crippen molar-refractivity contribution < 1.29 is 9.84 Å². The zero-order chi connectivity index (χ0) is 28.8. The van der Waals surface area contributed by atoms with Crippen molar-refractivity contribution in [1.29, 1.82) is 0 Å². The number of aliphatic hydroxyl groups excluding tert-OH is 1. The van der Waals surface area contributed by atoms with Crippen LogP contribution in [-0.4, -0.2) is 49.7 Å². The summed E-state index contributed by atoms with van der Waals surface area (Å²) in [5, 5.41) is 17.9. The maximum Gasteiger partial charge on any atom is 0.154 e. The van der Waals surface area contributed by atoms with Crippen molar-refractivity contribution >= 4 is 0 Å². The van der Waals surface area contributed by atoms with Crippen LogP contribution >= 0.6 is 0 Å². The molecule has 40 heavy (non-hydrogen) atoms. The first-order valence-electron chi connectivity index (χ1n) is 17.7. The Morgan fingerprint density at radius 2 is 1.57 bits per heavy atom. The standard InChI is InChI=1S/C35H67N3O2/c1-25(2)40-33(39)15-10-26(3)30-13-14-31-29-12-11-27-24-28(38-23-22-37-21-9-7-6-8-20-36)16-18-34(27,4)32(29)17-19-35(30,31)5/h25-33,37-39H,6-24,36H2,1-5H3/t26-,27?,28+,29?,30-,31?,32?,33?,34+,35-/m1/s1. The number of ether oxygens (including phenoxy) is 1. The first-order valence-corrected chi connectivity index (χ1v) is 17.7. The highest BCUT2D eigenvalue weighted by Gasteiger charge is 2.60. The molecule has 0 aromatic rings. The van der Waals surface area contributed by atoms with E-state index in [9.17, 15) is 5.11 Å². The second-order valence-corrected chi connectivity index (χ2v) is 15.5. The van der Waals surface area contributed by atoms with Gasteiger partial charge in [-0.3, -0.25) is 0 Å². The predicted octanol–water partition coefficient (Wildman–Crippen LogP) is 6.87. The highest BCUT2D eigenvalue weighted by Crippen LogP contribution is 2.68. The van der Waals surface area contributed by atoms with Gasteiger partial charge >= 0.3 is 0 Å². The van der Waals surface area contributed by atoms with Gasteiger partial charge in [-0.25, -0.2) is 0 Å². The molecule has 0 aromatic heterocycles. The van der Waals surface area contributed by atoms with Crippen molar-refractivity contribution in [1.82, 2.24) is 10.6 Å². The van der Waals surface area contributed by atoms with E-state index in [1.165, 1.54) is 83.5 Å². The van der Waals surface area contributed by atoms with Crippen molar-refractivity contribution in [3.63, 3.8) is 0 Å². The SMILES string of the molecule is CC(C)OC(O)CC[C@@H](C)[C@H]1CCC2C3CCC4C[C@@H](NCCNCCCCCCN)CC[C@]4(C)C3CC[C@@]21C. The molecule has 234 valence electrons. The number of nitrogens with two attached hydrogens (primary N) is 1. The molecular formula is C35H67N3O2. The third-order valence-corrected chi connectivity index (χ3v) is 12.8. The van der Waals surface area contributed by atoms with Gasteiger partial charge < -0.3 is 26.2 Å². The fourth-order valence-corrected chi connectivity index (χ4v) is 10.6. The van der Waals surface area contributed by atoms with E-state index in [1.54, 1.807) is 0 Å². The van der Waals surface area contributed by atoms with Crippen LogP contribution in [0.15, 0.2) is 0 Å². The predicted molar refractivity (Wildman–Crippen MR) is 168 cm³/mol. The van der Waals surface area contributed by atoms with Crippen LogP contribution < -0.4 is 16.4 Å². The van der Waals surface area contributed by atoms with Crippen molar-refractivity contribution in [2.45, 2.75) is 149 Å². The smallest absolute Gasteiger partial charge is 0.154 e. The molecule has 5 nitrogen and oxygen atoms in total. The normalized spacial score (nSPS) is 39.0. The number of aliphatic hydroxyl groups is 1. The Labute approximate surface area is 247 Å². The number of hydrogen-bond donors (Lipinski definition) is 4. The minimum atomic E-state index is -0.601. The molecule has 5 heteroatoms. The first-order chi connectivity index (χ1) is 19.2. The van der Waals surface area contributed by atoms with Gasteiger partial charge in [-0.2, -0.15) is 0 Å². The Balaban J connectivity index is 1.23. The maximum atomic E-state index is 10.3. The summed E-state index contributed by atoms with van der Waals surface area (Å²) in [4.78, 5) is 0. The molecule has 4 saturated carbocycles. The van der Waals surface area contributed by atoms with Crippen molar-refractivity contribution in [2.24, 2.45) is 52.1 Å². The first kappa shape index (κ1) is 32.7. The van der Waals surface area contributed by atoms with Gasteiger partial charge in [0.05, 0.1) is 6.10 Å². The number of unbranched alkanes of at least 4 members (excludes halogenated alkanes) is 3. The molecule has 0 radical (unpaired) electrons. The highest BCUT2D eigenvalue weighted by atomic mass is 16.6. The van der Waals surface area contributed by atoms with E-state index < -0.39 is 6.29 Å². The zero-order valence-electron chi connectivity index (χ0n) is 27.1. The molecule has 4 fully saturated rings. The van der Waals surface area contributed by atoms with Gasteiger partial charge in [0.15, 0.2) is 6.29 Å². The number of fused-ring (bicyclic) bond motifs is 5. The summed E-state index contributed by atoms with van der Waals surface area (Å²) in [6.07, 6.45) is 19.3. The second-order valence-electron chi connectivity index (χ2n) is 15.5. The van der Waals surface area contributed by atoms with E-state index >= 15 is 0 Å². The van der Waals surface area contributed by atoms with Crippen molar-refractivity contribution in [3.05, 3.63) is 0 Å². The minimum absolute atomic E-state index is 0.0972. The topological polar surface area (TPSA) is 79.5 Å². The summed E-state index contributed by atoms with van der Waals surface area (Å²) in [7, 11) is 0. The summed E-state index contributed by atoms with van der Waals surface area (Å²) in [6, 6.07) is 0.724. The molecule has 0 spiro atoms. The lowest BCUT2D eigenvalue weighted by atomic mass is 9.44. The van der Waals surface area contributed by atoms with E-state index in [0.29, 0.717) is 16.7 Å². The monoisotopic (exact) mass is 562 g/mol. The van der Waals surface area contributed by atoms with E-state index in [1.807, 2.05) is 13.8 Å². The number of nitrogens with one attached hydrogen (secondary N) is 2. The lowest BCUT2D eigenvalue weighted by Gasteiger charge is -2.61. The average molecular weight is 562 g/mol. The van der Waals surface area contributed by atoms with Crippen molar-refractivity contribution in [3.8, 4) is 0 Å². The van der Waals surface area contributed by atoms with Crippen molar-refractivity contribution in [2.75, 3.05) is 26.2 Å². The van der Waals surface area contributed by atoms with E-state index in [0.717, 1.165) is 74.7 Å². The van der Waals surface area contributed by atoms with Crippen LogP contribution in [-0.2, 0) is 4.74 Å². The number of hydrogen-bond acceptors (Lipinski definition) is 5. The van der Waals surface area contributed by atoms with Gasteiger partial charge in [0.25, 0.3) is 0 Å². The summed E-state index contributed by atoms with van der Waals surface area (Å²) >= 11 is 0. The van der Waals surface area contributed by atoms with Crippen LogP contribution in [0.1, 0.15) is 131 Å². The third-order valence-electron chi connectivity index (χ3n) is 12.8. The van der Waals surface area contributed by atoms with Crippen LogP contribution in [0.4, 0.5) is 0 Å². The summed E-state index contributed by atoms with van der Waals surface area (Å²) in [5.74, 6) is 5.22. The van der Waals surface area contributed by atoms with E-state index in [-0.39, 0.29) is 6.10 Å². The molecule has 0 heterocycles. The fraction of sp³-hybridized carbons (Fsp3) is 1.00. The molecule has 0 saturated heterocycles. The van der Waals surface area contributed by atoms with E-state index in [2.05, 4.69) is 31.4 Å². The Bertz CT molecular complexity index is 748. The van der Waals surface area contributed by atoms with Gasteiger partial charge in [-0.1, -0.05) is 33.6 Å². The molecule has 4 rings (SSSR count). The van der Waals surface area contributed by atoms with Crippen LogP contribution in [0, 0.1) is 46.3 Å². The second kappa shape index (κ2) is 15.0. The largest absolute Gasteiger partial charge is 0.368 e. The Morgan fingerprint density at radius 1 is 0.825 bits per heavy atom. The van der Waals surface area contributed by atoms with Gasteiger partial charge in [-0.15, -0.1) is 0 Å². The summed E-state index contributed by atoms with van der Waals surface area (Å²) in [5.41, 5.74) is 6.66. The van der Waals surface area contributed by atoms with Crippen LogP contribution in [0.2, 0.25) is 0 Å². The van der Waals surface area contributed by atoms with Gasteiger partial charge in [0.2, 0.25) is 0 Å². The molecule has 0 aromatic carbocycles. The Kier molecular flexibility index (Phi) is 12.3. The zero-order valence-corrected chi connectivity index (χ0v) is 27.1. The molecule has 5 unspecified atom stereocenters. The lowest BCUT2D eigenvalue weighted by Crippen LogP contribution is -2.55.